The highest BCUT2D eigenvalue weighted by Gasteiger charge is 2.31. The number of benzene rings is 2. The summed E-state index contributed by atoms with van der Waals surface area (Å²) >= 11 is 0. The number of amides is 2. The summed E-state index contributed by atoms with van der Waals surface area (Å²) < 4.78 is 5.57. The van der Waals surface area contributed by atoms with Gasteiger partial charge in [-0.15, -0.1) is 0 Å². The van der Waals surface area contributed by atoms with Crippen molar-refractivity contribution >= 4 is 29.5 Å². The minimum atomic E-state index is -0.970. The van der Waals surface area contributed by atoms with E-state index in [4.69, 9.17) is 9.84 Å². The summed E-state index contributed by atoms with van der Waals surface area (Å²) in [5.41, 5.74) is 1.52. The van der Waals surface area contributed by atoms with Crippen molar-refractivity contribution in [3.05, 3.63) is 66.2 Å². The van der Waals surface area contributed by atoms with E-state index in [2.05, 4.69) is 16.0 Å². The van der Waals surface area contributed by atoms with Gasteiger partial charge in [-0.05, 0) is 68.6 Å². The predicted octanol–water partition coefficient (Wildman–Crippen LogP) is 3.06. The van der Waals surface area contributed by atoms with Crippen LogP contribution in [0.1, 0.15) is 38.2 Å². The highest BCUT2D eigenvalue weighted by Crippen LogP contribution is 2.18. The molecule has 2 aromatic carbocycles. The zero-order chi connectivity index (χ0) is 25.8. The molecule has 36 heavy (non-hydrogen) atoms. The molecule has 192 valence electrons. The number of carbonyl (C=O) groups excluding carboxylic acids is 2. The number of ether oxygens (including phenoxy) is 1. The maximum Gasteiger partial charge on any atom is 0.303 e. The molecule has 1 fully saturated rings. The first kappa shape index (κ1) is 26.7. The molecule has 1 aliphatic heterocycles. The van der Waals surface area contributed by atoms with Gasteiger partial charge in [0, 0.05) is 24.7 Å². The van der Waals surface area contributed by atoms with Crippen LogP contribution in [-0.2, 0) is 14.4 Å². The Morgan fingerprint density at radius 3 is 2.56 bits per heavy atom. The Morgan fingerprint density at radius 1 is 1.17 bits per heavy atom. The third-order valence-corrected chi connectivity index (χ3v) is 5.76. The lowest BCUT2D eigenvalue weighted by Crippen LogP contribution is -2.56. The molecule has 0 radical (unpaired) electrons. The summed E-state index contributed by atoms with van der Waals surface area (Å²) in [5, 5.41) is 18.0. The average molecular weight is 495 g/mol. The summed E-state index contributed by atoms with van der Waals surface area (Å²) in [7, 11) is 0. The number of carboxylic acids is 1. The van der Waals surface area contributed by atoms with Gasteiger partial charge in [0.05, 0.1) is 12.8 Å². The summed E-state index contributed by atoms with van der Waals surface area (Å²) in [6, 6.07) is 16.4. The smallest absolute Gasteiger partial charge is 0.303 e. The number of hydrogen-bond acceptors (Lipinski definition) is 6. The first-order valence-electron chi connectivity index (χ1n) is 12.2. The molecular formula is C27H34N4O5. The number of aliphatic carboxylic acids is 1. The molecule has 3 rings (SSSR count). The molecule has 4 N–H and O–H groups in total. The molecule has 0 saturated carbocycles. The quantitative estimate of drug-likeness (QED) is 0.192. The topological polar surface area (TPSA) is 120 Å². The SMILES string of the molecule is CCN(C(=O)C(NC(=O)C=Cc1ccccc1)Nc1ccc(OCCCC(=O)O)cc1)C1CCCN1. The van der Waals surface area contributed by atoms with E-state index in [0.29, 0.717) is 31.0 Å². The fourth-order valence-corrected chi connectivity index (χ4v) is 3.94. The highest BCUT2D eigenvalue weighted by molar-refractivity contribution is 5.96. The van der Waals surface area contributed by atoms with Crippen LogP contribution in [0.25, 0.3) is 6.08 Å². The molecule has 1 saturated heterocycles. The normalized spacial score (nSPS) is 15.9. The largest absolute Gasteiger partial charge is 0.494 e. The van der Waals surface area contributed by atoms with Crippen LogP contribution in [0.3, 0.4) is 0 Å². The lowest BCUT2D eigenvalue weighted by atomic mass is 10.2. The Labute approximate surface area is 211 Å². The molecule has 0 bridgehead atoms. The van der Waals surface area contributed by atoms with Gasteiger partial charge in [0.2, 0.25) is 5.91 Å². The zero-order valence-electron chi connectivity index (χ0n) is 20.5. The minimum Gasteiger partial charge on any atom is -0.494 e. The van der Waals surface area contributed by atoms with Crippen molar-refractivity contribution in [1.29, 1.82) is 0 Å². The van der Waals surface area contributed by atoms with E-state index in [1.54, 1.807) is 35.2 Å². The van der Waals surface area contributed by atoms with Gasteiger partial charge in [-0.3, -0.25) is 19.7 Å². The lowest BCUT2D eigenvalue weighted by Gasteiger charge is -2.32. The molecule has 1 heterocycles. The van der Waals surface area contributed by atoms with Crippen molar-refractivity contribution in [2.24, 2.45) is 0 Å². The van der Waals surface area contributed by atoms with Gasteiger partial charge < -0.3 is 25.4 Å². The molecule has 2 atom stereocenters. The molecule has 2 aromatic rings. The van der Waals surface area contributed by atoms with Crippen molar-refractivity contribution in [3.8, 4) is 5.75 Å². The van der Waals surface area contributed by atoms with Crippen LogP contribution in [0.4, 0.5) is 5.69 Å². The van der Waals surface area contributed by atoms with E-state index >= 15 is 0 Å². The van der Waals surface area contributed by atoms with Crippen molar-refractivity contribution in [1.82, 2.24) is 15.5 Å². The molecule has 1 aliphatic rings. The number of hydrogen-bond donors (Lipinski definition) is 4. The number of carboxylic acid groups (broad SMARTS) is 1. The van der Waals surface area contributed by atoms with Crippen LogP contribution in [0, 0.1) is 0 Å². The fraction of sp³-hybridized carbons (Fsp3) is 0.370. The van der Waals surface area contributed by atoms with Crippen LogP contribution in [-0.4, -0.2) is 59.8 Å². The Morgan fingerprint density at radius 2 is 1.92 bits per heavy atom. The van der Waals surface area contributed by atoms with E-state index in [1.807, 2.05) is 37.3 Å². The third-order valence-electron chi connectivity index (χ3n) is 5.76. The van der Waals surface area contributed by atoms with Gasteiger partial charge in [-0.2, -0.15) is 0 Å². The van der Waals surface area contributed by atoms with Gasteiger partial charge in [0.15, 0.2) is 6.17 Å². The molecular weight excluding hydrogens is 460 g/mol. The van der Waals surface area contributed by atoms with Crippen molar-refractivity contribution in [3.63, 3.8) is 0 Å². The summed E-state index contributed by atoms with van der Waals surface area (Å²) in [6.45, 7) is 3.58. The summed E-state index contributed by atoms with van der Waals surface area (Å²) in [4.78, 5) is 38.6. The number of carbonyl (C=O) groups is 3. The monoisotopic (exact) mass is 494 g/mol. The van der Waals surface area contributed by atoms with Gasteiger partial charge in [0.25, 0.3) is 5.91 Å². The average Bonchev–Trinajstić information content (AvgIpc) is 3.41. The van der Waals surface area contributed by atoms with E-state index < -0.39 is 18.0 Å². The number of nitrogens with one attached hydrogen (secondary N) is 3. The van der Waals surface area contributed by atoms with Gasteiger partial charge in [0.1, 0.15) is 5.75 Å². The van der Waals surface area contributed by atoms with Gasteiger partial charge in [-0.1, -0.05) is 30.3 Å². The maximum atomic E-state index is 13.5. The van der Waals surface area contributed by atoms with Crippen LogP contribution in [0.5, 0.6) is 5.75 Å². The van der Waals surface area contributed by atoms with E-state index in [0.717, 1.165) is 24.9 Å². The number of likely N-dealkylation sites (N-methyl/N-ethyl adjacent to an activating group) is 1. The first-order chi connectivity index (χ1) is 17.5. The van der Waals surface area contributed by atoms with Crippen LogP contribution in [0.2, 0.25) is 0 Å². The second-order valence-corrected chi connectivity index (χ2v) is 8.44. The van der Waals surface area contributed by atoms with E-state index in [1.165, 1.54) is 6.08 Å². The Kier molecular flexibility index (Phi) is 10.3. The zero-order valence-corrected chi connectivity index (χ0v) is 20.5. The van der Waals surface area contributed by atoms with Crippen molar-refractivity contribution < 1.29 is 24.2 Å². The van der Waals surface area contributed by atoms with Crippen molar-refractivity contribution in [2.75, 3.05) is 25.0 Å². The molecule has 9 nitrogen and oxygen atoms in total. The fourth-order valence-electron chi connectivity index (χ4n) is 3.94. The predicted molar refractivity (Wildman–Crippen MR) is 138 cm³/mol. The molecule has 2 amide bonds. The number of nitrogens with zero attached hydrogens (tertiary/aromatic N) is 1. The second-order valence-electron chi connectivity index (χ2n) is 8.44. The number of anilines is 1. The van der Waals surface area contributed by atoms with Gasteiger partial charge >= 0.3 is 5.97 Å². The third kappa shape index (κ3) is 8.42. The van der Waals surface area contributed by atoms with Crippen LogP contribution >= 0.6 is 0 Å². The summed E-state index contributed by atoms with van der Waals surface area (Å²) in [6.07, 6.45) is 4.39. The van der Waals surface area contributed by atoms with Crippen LogP contribution < -0.4 is 20.7 Å². The van der Waals surface area contributed by atoms with E-state index in [-0.39, 0.29) is 18.5 Å². The molecule has 9 heteroatoms. The van der Waals surface area contributed by atoms with E-state index in [9.17, 15) is 14.4 Å². The Hall–Kier alpha value is -3.85. The lowest BCUT2D eigenvalue weighted by molar-refractivity contribution is -0.137. The minimum absolute atomic E-state index is 0.0472. The molecule has 0 aliphatic carbocycles. The standard InChI is InChI=1S/C27H34N4O5/c1-2-31(23-10-6-18-28-23)27(35)26(30-24(32)17-12-20-8-4-3-5-9-20)29-21-13-15-22(16-14-21)36-19-7-11-25(33)34/h3-5,8-9,12-17,23,26,28-29H,2,6-7,10-11,18-19H2,1H3,(H,30,32)(H,33,34). The molecule has 0 aromatic heterocycles. The summed E-state index contributed by atoms with van der Waals surface area (Å²) in [5.74, 6) is -0.886. The van der Waals surface area contributed by atoms with Crippen molar-refractivity contribution in [2.45, 2.75) is 44.9 Å². The Bertz CT molecular complexity index is 1020. The molecule has 0 spiro atoms. The molecule has 2 unspecified atom stereocenters. The maximum absolute atomic E-state index is 13.5. The number of rotatable bonds is 13. The second kappa shape index (κ2) is 13.9. The van der Waals surface area contributed by atoms with Crippen LogP contribution in [0.15, 0.2) is 60.7 Å². The first-order valence-corrected chi connectivity index (χ1v) is 12.2. The highest BCUT2D eigenvalue weighted by atomic mass is 16.5. The Balaban J connectivity index is 1.68. The van der Waals surface area contributed by atoms with Gasteiger partial charge in [-0.25, -0.2) is 0 Å².